The number of Topliss-reactive ketones (excluding diaryl/α,β-unsaturated/α-hetero) is 2. The maximum Gasteiger partial charge on any atom is 0.250 e. The molecule has 1 aliphatic rings. The van der Waals surface area contributed by atoms with E-state index in [0.29, 0.717) is 6.42 Å². The van der Waals surface area contributed by atoms with Gasteiger partial charge in [0.25, 0.3) is 0 Å². The number of carbonyl (C=O) groups is 3. The van der Waals surface area contributed by atoms with Gasteiger partial charge in [-0.25, -0.2) is 13.1 Å². The predicted octanol–water partition coefficient (Wildman–Crippen LogP) is 0.223. The van der Waals surface area contributed by atoms with Gasteiger partial charge >= 0.3 is 0 Å². The predicted molar refractivity (Wildman–Crippen MR) is 79.9 cm³/mol. The molecule has 0 aliphatic heterocycles. The van der Waals surface area contributed by atoms with Gasteiger partial charge in [-0.1, -0.05) is 6.07 Å². The summed E-state index contributed by atoms with van der Waals surface area (Å²) in [5.41, 5.74) is 0. The summed E-state index contributed by atoms with van der Waals surface area (Å²) in [6.45, 7) is -0.0497. The van der Waals surface area contributed by atoms with Crippen LogP contribution >= 0.6 is 11.3 Å². The number of thiophene rings is 1. The molecule has 0 radical (unpaired) electrons. The average Bonchev–Trinajstić information content (AvgIpc) is 2.96. The second-order valence-corrected chi connectivity index (χ2v) is 7.86. The van der Waals surface area contributed by atoms with Gasteiger partial charge in [-0.15, -0.1) is 11.3 Å². The van der Waals surface area contributed by atoms with Gasteiger partial charge in [0.15, 0.2) is 5.78 Å². The molecule has 1 heterocycles. The first-order valence-electron chi connectivity index (χ1n) is 6.75. The van der Waals surface area contributed by atoms with E-state index in [2.05, 4.69) is 10.0 Å². The Morgan fingerprint density at radius 3 is 2.77 bits per heavy atom. The third-order valence-corrected chi connectivity index (χ3v) is 6.07. The molecule has 1 aromatic rings. The third-order valence-electron chi connectivity index (χ3n) is 3.21. The van der Waals surface area contributed by atoms with Crippen molar-refractivity contribution in [3.05, 3.63) is 17.5 Å². The van der Waals surface area contributed by atoms with Crippen LogP contribution in [0.4, 0.5) is 0 Å². The largest absolute Gasteiger partial charge is 0.346 e. The van der Waals surface area contributed by atoms with Crippen molar-refractivity contribution in [3.63, 3.8) is 0 Å². The van der Waals surface area contributed by atoms with Crippen molar-refractivity contribution in [1.29, 1.82) is 0 Å². The van der Waals surface area contributed by atoms with Crippen molar-refractivity contribution in [1.82, 2.24) is 10.0 Å². The number of rotatable bonds is 6. The number of ketones is 2. The maximum atomic E-state index is 11.8. The lowest BCUT2D eigenvalue weighted by Crippen LogP contribution is -2.45. The quantitative estimate of drug-likeness (QED) is 0.718. The monoisotopic (exact) mass is 344 g/mol. The molecule has 2 N–H and O–H groups in total. The van der Waals surface area contributed by atoms with Crippen LogP contribution in [0.15, 0.2) is 21.7 Å². The highest BCUT2D eigenvalue weighted by Gasteiger charge is 2.28. The van der Waals surface area contributed by atoms with E-state index in [9.17, 15) is 22.8 Å². The fourth-order valence-electron chi connectivity index (χ4n) is 2.08. The lowest BCUT2D eigenvalue weighted by atomic mass is 9.93. The van der Waals surface area contributed by atoms with Gasteiger partial charge < -0.3 is 5.32 Å². The van der Waals surface area contributed by atoms with Crippen LogP contribution in [0.1, 0.15) is 25.7 Å². The second-order valence-electron chi connectivity index (χ2n) is 4.92. The molecule has 1 unspecified atom stereocenters. The topological polar surface area (TPSA) is 109 Å². The Kier molecular flexibility index (Phi) is 5.43. The van der Waals surface area contributed by atoms with Crippen LogP contribution < -0.4 is 10.0 Å². The smallest absolute Gasteiger partial charge is 0.250 e. The highest BCUT2D eigenvalue weighted by atomic mass is 32.2. The number of hydrogen-bond donors (Lipinski definition) is 2. The van der Waals surface area contributed by atoms with Gasteiger partial charge in [-0.3, -0.25) is 14.4 Å². The van der Waals surface area contributed by atoms with Crippen molar-refractivity contribution in [2.75, 3.05) is 6.54 Å². The zero-order valence-corrected chi connectivity index (χ0v) is 13.3. The van der Waals surface area contributed by atoms with Gasteiger partial charge in [0.1, 0.15) is 9.99 Å². The number of sulfonamides is 1. The van der Waals surface area contributed by atoms with E-state index in [4.69, 9.17) is 0 Å². The Morgan fingerprint density at radius 2 is 2.14 bits per heavy atom. The zero-order valence-electron chi connectivity index (χ0n) is 11.7. The Labute approximate surface area is 132 Å². The third kappa shape index (κ3) is 4.46. The van der Waals surface area contributed by atoms with E-state index in [1.165, 1.54) is 6.07 Å². The van der Waals surface area contributed by atoms with Gasteiger partial charge in [0.2, 0.25) is 15.9 Å². The van der Waals surface area contributed by atoms with Gasteiger partial charge in [-0.2, -0.15) is 0 Å². The molecule has 1 atom stereocenters. The van der Waals surface area contributed by atoms with Gasteiger partial charge in [0.05, 0.1) is 12.5 Å². The van der Waals surface area contributed by atoms with Gasteiger partial charge in [-0.05, 0) is 17.9 Å². The summed E-state index contributed by atoms with van der Waals surface area (Å²) >= 11 is 1.09. The first-order valence-corrected chi connectivity index (χ1v) is 9.12. The second kappa shape index (κ2) is 7.12. The Hall–Kier alpha value is -1.58. The Bertz CT molecular complexity index is 667. The fourth-order valence-corrected chi connectivity index (χ4v) is 4.15. The maximum absolute atomic E-state index is 11.8. The number of carbonyl (C=O) groups excluding carboxylic acids is 3. The molecule has 22 heavy (non-hydrogen) atoms. The molecule has 120 valence electrons. The van der Waals surface area contributed by atoms with E-state index in [1.54, 1.807) is 11.4 Å². The van der Waals surface area contributed by atoms with Crippen molar-refractivity contribution < 1.29 is 22.8 Å². The lowest BCUT2D eigenvalue weighted by molar-refractivity contribution is -0.134. The lowest BCUT2D eigenvalue weighted by Gasteiger charge is -2.20. The Balaban J connectivity index is 1.76. The van der Waals surface area contributed by atoms with Crippen LogP contribution in [0, 0.1) is 0 Å². The first kappa shape index (κ1) is 16.8. The van der Waals surface area contributed by atoms with Crippen LogP contribution in [0.25, 0.3) is 0 Å². The molecule has 1 amide bonds. The summed E-state index contributed by atoms with van der Waals surface area (Å²) in [6.07, 6.45) is 0.379. The summed E-state index contributed by atoms with van der Waals surface area (Å²) in [7, 11) is -3.59. The minimum Gasteiger partial charge on any atom is -0.346 e. The van der Waals surface area contributed by atoms with Crippen LogP contribution in [0.3, 0.4) is 0 Å². The molecule has 0 aromatic carbocycles. The normalized spacial score (nSPS) is 19.2. The molecular formula is C13H16N2O5S2. The molecule has 1 fully saturated rings. The zero-order chi connectivity index (χ0) is 16.2. The standard InChI is InChI=1S/C13H16N2O5S2/c16-9-3-4-10(11(17)8-9)15-12(18)5-6-14-22(19,20)13-2-1-7-21-13/h1-2,7,10,14H,3-6,8H2,(H,15,18). The van der Waals surface area contributed by atoms with E-state index in [1.807, 2.05) is 0 Å². The Morgan fingerprint density at radius 1 is 1.36 bits per heavy atom. The van der Waals surface area contributed by atoms with Crippen LogP contribution in [-0.4, -0.2) is 38.5 Å². The summed E-state index contributed by atoms with van der Waals surface area (Å²) in [6, 6.07) is 2.46. The summed E-state index contributed by atoms with van der Waals surface area (Å²) in [5.74, 6) is -0.815. The van der Waals surface area contributed by atoms with Crippen molar-refractivity contribution in [2.24, 2.45) is 0 Å². The first-order chi connectivity index (χ1) is 10.4. The number of nitrogens with one attached hydrogen (secondary N) is 2. The van der Waals surface area contributed by atoms with Crippen molar-refractivity contribution >= 4 is 38.8 Å². The number of amides is 1. The molecule has 0 spiro atoms. The molecule has 1 aromatic heterocycles. The minimum absolute atomic E-state index is 0.0497. The van der Waals surface area contributed by atoms with E-state index < -0.39 is 22.0 Å². The average molecular weight is 344 g/mol. The van der Waals surface area contributed by atoms with Crippen LogP contribution in [0.5, 0.6) is 0 Å². The summed E-state index contributed by atoms with van der Waals surface area (Å²) in [4.78, 5) is 34.4. The molecule has 1 aliphatic carbocycles. The van der Waals surface area contributed by atoms with E-state index in [-0.39, 0.29) is 41.6 Å². The minimum atomic E-state index is -3.59. The highest BCUT2D eigenvalue weighted by Crippen LogP contribution is 2.15. The van der Waals surface area contributed by atoms with E-state index >= 15 is 0 Å². The molecular weight excluding hydrogens is 328 g/mol. The molecule has 1 saturated carbocycles. The molecule has 0 saturated heterocycles. The SMILES string of the molecule is O=C1CCC(NC(=O)CCNS(=O)(=O)c2cccs2)C(=O)C1. The highest BCUT2D eigenvalue weighted by molar-refractivity contribution is 7.91. The van der Waals surface area contributed by atoms with Crippen LogP contribution in [-0.2, 0) is 24.4 Å². The number of hydrogen-bond acceptors (Lipinski definition) is 6. The fraction of sp³-hybridized carbons (Fsp3) is 0.462. The van der Waals surface area contributed by atoms with E-state index in [0.717, 1.165) is 11.3 Å². The molecule has 2 rings (SSSR count). The summed E-state index contributed by atoms with van der Waals surface area (Å²) < 4.78 is 26.2. The summed E-state index contributed by atoms with van der Waals surface area (Å²) in [5, 5.41) is 4.19. The molecule has 7 nitrogen and oxygen atoms in total. The van der Waals surface area contributed by atoms with Crippen molar-refractivity contribution in [2.45, 2.75) is 35.9 Å². The van der Waals surface area contributed by atoms with Crippen molar-refractivity contribution in [3.8, 4) is 0 Å². The van der Waals surface area contributed by atoms with Gasteiger partial charge in [0, 0.05) is 19.4 Å². The molecule has 0 bridgehead atoms. The molecule has 9 heteroatoms. The van der Waals surface area contributed by atoms with Crippen LogP contribution in [0.2, 0.25) is 0 Å².